The summed E-state index contributed by atoms with van der Waals surface area (Å²) in [5.74, 6) is -0.682. The van der Waals surface area contributed by atoms with Crippen LogP contribution in [0.1, 0.15) is 36.4 Å². The van der Waals surface area contributed by atoms with Crippen molar-refractivity contribution in [2.45, 2.75) is 25.3 Å². The number of benzene rings is 2. The number of nitrogens with zero attached hydrogens (tertiary/aromatic N) is 2. The van der Waals surface area contributed by atoms with Crippen LogP contribution in [-0.2, 0) is 9.59 Å². The molecule has 3 rings (SSSR count). The minimum atomic E-state index is -1.06. The van der Waals surface area contributed by atoms with Gasteiger partial charge in [-0.05, 0) is 35.9 Å². The van der Waals surface area contributed by atoms with E-state index in [1.807, 2.05) is 0 Å². The van der Waals surface area contributed by atoms with Crippen molar-refractivity contribution in [1.29, 1.82) is 0 Å². The van der Waals surface area contributed by atoms with Crippen LogP contribution in [0.25, 0.3) is 0 Å². The Bertz CT molecular complexity index is 943. The second-order valence-corrected chi connectivity index (χ2v) is 6.52. The van der Waals surface area contributed by atoms with Crippen molar-refractivity contribution >= 4 is 17.6 Å². The lowest BCUT2D eigenvalue weighted by Gasteiger charge is -2.21. The molecule has 1 heterocycles. The molecule has 0 radical (unpaired) electrons. The van der Waals surface area contributed by atoms with Gasteiger partial charge in [0, 0.05) is 18.4 Å². The molecule has 7 nitrogen and oxygen atoms in total. The van der Waals surface area contributed by atoms with Crippen LogP contribution >= 0.6 is 0 Å². The average Bonchev–Trinajstić information content (AvgIpc) is 3.17. The molecule has 2 aromatic rings. The summed E-state index contributed by atoms with van der Waals surface area (Å²) in [6.07, 6.45) is -0.105. The summed E-state index contributed by atoms with van der Waals surface area (Å²) in [7, 11) is 3.08. The number of carbonyl (C=O) groups excluding carboxylic acids is 1. The Morgan fingerprint density at radius 2 is 1.86 bits per heavy atom. The highest BCUT2D eigenvalue weighted by Gasteiger charge is 2.34. The van der Waals surface area contributed by atoms with E-state index in [1.54, 1.807) is 37.4 Å². The van der Waals surface area contributed by atoms with E-state index in [9.17, 15) is 14.0 Å². The molecule has 2 aromatic carbocycles. The molecule has 1 aliphatic rings. The van der Waals surface area contributed by atoms with E-state index in [2.05, 4.69) is 5.10 Å². The highest BCUT2D eigenvalue weighted by molar-refractivity contribution is 6.05. The van der Waals surface area contributed by atoms with Crippen molar-refractivity contribution in [1.82, 2.24) is 5.01 Å². The average molecular weight is 400 g/mol. The van der Waals surface area contributed by atoms with E-state index in [-0.39, 0.29) is 18.7 Å². The summed E-state index contributed by atoms with van der Waals surface area (Å²) in [5, 5.41) is 14.7. The molecular weight excluding hydrogens is 379 g/mol. The van der Waals surface area contributed by atoms with Crippen molar-refractivity contribution in [2.75, 3.05) is 14.2 Å². The van der Waals surface area contributed by atoms with Crippen LogP contribution in [0.5, 0.6) is 11.5 Å². The van der Waals surface area contributed by atoms with Crippen LogP contribution in [0.15, 0.2) is 47.6 Å². The number of hydrazone groups is 1. The number of aliphatic carboxylic acids is 1. The Morgan fingerprint density at radius 3 is 2.48 bits per heavy atom. The standard InChI is InChI=1S/C21H21FN2O5/c1-28-15-7-8-19(29-2)16(11-15)17-12-18(13-3-5-14(22)6-4-13)24(23-17)20(25)9-10-21(26)27/h3-8,11,18H,9-10,12H2,1-2H3,(H,26,27)/t18-/m1/s1. The zero-order chi connectivity index (χ0) is 21.0. The fourth-order valence-electron chi connectivity index (χ4n) is 3.22. The first-order chi connectivity index (χ1) is 13.9. The number of rotatable bonds is 7. The molecule has 1 aliphatic heterocycles. The predicted octanol–water partition coefficient (Wildman–Crippen LogP) is 3.39. The normalized spacial score (nSPS) is 15.8. The van der Waals surface area contributed by atoms with Gasteiger partial charge in [0.25, 0.3) is 0 Å². The topological polar surface area (TPSA) is 88.4 Å². The van der Waals surface area contributed by atoms with Gasteiger partial charge in [0.2, 0.25) is 5.91 Å². The summed E-state index contributed by atoms with van der Waals surface area (Å²) in [5.41, 5.74) is 1.97. The SMILES string of the molecule is COc1ccc(OC)c(C2=NN(C(=O)CCC(=O)O)[C@@H](c3ccc(F)cc3)C2)c1. The lowest BCUT2D eigenvalue weighted by Crippen LogP contribution is -2.27. The summed E-state index contributed by atoms with van der Waals surface area (Å²) in [6, 6.07) is 10.6. The van der Waals surface area contributed by atoms with Gasteiger partial charge in [-0.3, -0.25) is 9.59 Å². The minimum absolute atomic E-state index is 0.181. The summed E-state index contributed by atoms with van der Waals surface area (Å²) < 4.78 is 24.1. The highest BCUT2D eigenvalue weighted by Crippen LogP contribution is 2.36. The summed E-state index contributed by atoms with van der Waals surface area (Å²) >= 11 is 0. The zero-order valence-electron chi connectivity index (χ0n) is 16.1. The van der Waals surface area contributed by atoms with Gasteiger partial charge < -0.3 is 14.6 Å². The summed E-state index contributed by atoms with van der Waals surface area (Å²) in [6.45, 7) is 0. The van der Waals surface area contributed by atoms with Crippen LogP contribution in [0.2, 0.25) is 0 Å². The molecule has 0 aliphatic carbocycles. The van der Waals surface area contributed by atoms with Gasteiger partial charge in [0.05, 0.1) is 32.4 Å². The Labute approximate surface area is 167 Å². The van der Waals surface area contributed by atoms with E-state index >= 15 is 0 Å². The maximum absolute atomic E-state index is 13.4. The highest BCUT2D eigenvalue weighted by atomic mass is 19.1. The monoisotopic (exact) mass is 400 g/mol. The van der Waals surface area contributed by atoms with Gasteiger partial charge in [0.1, 0.15) is 17.3 Å². The maximum Gasteiger partial charge on any atom is 0.303 e. The first-order valence-electron chi connectivity index (χ1n) is 9.02. The number of carboxylic acids is 1. The number of hydrogen-bond acceptors (Lipinski definition) is 5. The molecule has 1 amide bonds. The molecule has 1 atom stereocenters. The van der Waals surface area contributed by atoms with Crippen molar-refractivity contribution in [3.63, 3.8) is 0 Å². The van der Waals surface area contributed by atoms with Gasteiger partial charge in [-0.1, -0.05) is 12.1 Å². The fourth-order valence-corrected chi connectivity index (χ4v) is 3.22. The van der Waals surface area contributed by atoms with Crippen molar-refractivity contribution in [3.05, 3.63) is 59.4 Å². The van der Waals surface area contributed by atoms with E-state index in [0.717, 1.165) is 0 Å². The van der Waals surface area contributed by atoms with Crippen molar-refractivity contribution in [2.24, 2.45) is 5.10 Å². The van der Waals surface area contributed by atoms with Gasteiger partial charge in [-0.15, -0.1) is 0 Å². The van der Waals surface area contributed by atoms with E-state index in [0.29, 0.717) is 34.8 Å². The van der Waals surface area contributed by atoms with E-state index in [4.69, 9.17) is 14.6 Å². The Morgan fingerprint density at radius 1 is 1.14 bits per heavy atom. The lowest BCUT2D eigenvalue weighted by molar-refractivity contribution is -0.141. The molecule has 29 heavy (non-hydrogen) atoms. The van der Waals surface area contributed by atoms with Gasteiger partial charge >= 0.3 is 5.97 Å². The van der Waals surface area contributed by atoms with Crippen LogP contribution in [0.3, 0.4) is 0 Å². The zero-order valence-corrected chi connectivity index (χ0v) is 16.1. The first kappa shape index (κ1) is 20.3. The molecule has 0 saturated carbocycles. The first-order valence-corrected chi connectivity index (χ1v) is 9.02. The molecule has 0 unspecified atom stereocenters. The second-order valence-electron chi connectivity index (χ2n) is 6.52. The fraction of sp³-hybridized carbons (Fsp3) is 0.286. The molecule has 1 N–H and O–H groups in total. The van der Waals surface area contributed by atoms with E-state index < -0.39 is 17.9 Å². The van der Waals surface area contributed by atoms with Crippen LogP contribution in [-0.4, -0.2) is 41.9 Å². The minimum Gasteiger partial charge on any atom is -0.497 e. The Kier molecular flexibility index (Phi) is 6.11. The number of carbonyl (C=O) groups is 2. The molecule has 152 valence electrons. The Balaban J connectivity index is 1.98. The van der Waals surface area contributed by atoms with Crippen LogP contribution in [0.4, 0.5) is 4.39 Å². The number of ether oxygens (including phenoxy) is 2. The molecule has 0 spiro atoms. The number of amides is 1. The smallest absolute Gasteiger partial charge is 0.303 e. The molecule has 0 fully saturated rings. The third-order valence-electron chi connectivity index (χ3n) is 4.69. The second kappa shape index (κ2) is 8.72. The maximum atomic E-state index is 13.4. The number of hydrogen-bond donors (Lipinski definition) is 1. The molecule has 8 heteroatoms. The lowest BCUT2D eigenvalue weighted by atomic mass is 9.97. The largest absolute Gasteiger partial charge is 0.497 e. The quantitative estimate of drug-likeness (QED) is 0.770. The summed E-state index contributed by atoms with van der Waals surface area (Å²) in [4.78, 5) is 23.5. The van der Waals surface area contributed by atoms with E-state index in [1.165, 1.54) is 24.3 Å². The van der Waals surface area contributed by atoms with Crippen molar-refractivity contribution in [3.8, 4) is 11.5 Å². The molecule has 0 aromatic heterocycles. The van der Waals surface area contributed by atoms with Crippen LogP contribution in [0, 0.1) is 5.82 Å². The van der Waals surface area contributed by atoms with Gasteiger partial charge in [-0.2, -0.15) is 5.10 Å². The van der Waals surface area contributed by atoms with Gasteiger partial charge in [0.15, 0.2) is 0 Å². The molecular formula is C21H21FN2O5. The predicted molar refractivity (Wildman–Crippen MR) is 104 cm³/mol. The third kappa shape index (κ3) is 4.53. The number of carboxylic acid groups (broad SMARTS) is 1. The Hall–Kier alpha value is -3.42. The van der Waals surface area contributed by atoms with Gasteiger partial charge in [-0.25, -0.2) is 9.40 Å². The van der Waals surface area contributed by atoms with Crippen molar-refractivity contribution < 1.29 is 28.6 Å². The number of methoxy groups -OCH3 is 2. The molecule has 0 bridgehead atoms. The number of halogens is 1. The van der Waals surface area contributed by atoms with Crippen LogP contribution < -0.4 is 9.47 Å². The molecule has 0 saturated heterocycles. The third-order valence-corrected chi connectivity index (χ3v) is 4.69.